The molecule has 1 saturated heterocycles. The van der Waals surface area contributed by atoms with E-state index in [0.717, 1.165) is 11.3 Å². The smallest absolute Gasteiger partial charge is 0.255 e. The molecule has 184 valence electrons. The van der Waals surface area contributed by atoms with E-state index in [1.54, 1.807) is 31.5 Å². The lowest BCUT2D eigenvalue weighted by molar-refractivity contribution is -0.181. The van der Waals surface area contributed by atoms with Gasteiger partial charge in [0.05, 0.1) is 42.0 Å². The molecule has 9 heteroatoms. The molecule has 1 atom stereocenters. The minimum atomic E-state index is -0.323. The number of nitrogens with zero attached hydrogens (tertiary/aromatic N) is 1. The topological polar surface area (TPSA) is 97.5 Å². The second-order valence-electron chi connectivity index (χ2n) is 9.46. The number of halogens is 1. The van der Waals surface area contributed by atoms with Crippen LogP contribution in [0.25, 0.3) is 11.3 Å². The molecule has 3 aromatic rings. The number of carbonyl (C=O) groups is 1. The second kappa shape index (κ2) is 9.31. The standard InChI is InChI=1S/C26H29FN4O4/c1-15-18(27)5-4-6-19(15)30-24-22-20(8-10-29-25(22)32)31-23(24)17-7-9-28-11-21(17)33-12-16-13-35-26(2,3)14-34-16/h4-7,9,11,16,30-31H,8,10,12-14H2,1-3H3,(H,29,32)/t16-/m0/s1. The molecule has 0 unspecified atom stereocenters. The molecule has 0 saturated carbocycles. The van der Waals surface area contributed by atoms with Crippen LogP contribution in [-0.4, -0.2) is 53.9 Å². The number of benzene rings is 1. The molecular formula is C26H29FN4O4. The first-order valence-electron chi connectivity index (χ1n) is 11.7. The summed E-state index contributed by atoms with van der Waals surface area (Å²) in [4.78, 5) is 20.5. The summed E-state index contributed by atoms with van der Waals surface area (Å²) in [6.45, 7) is 7.43. The maximum atomic E-state index is 14.3. The van der Waals surface area contributed by atoms with Crippen molar-refractivity contribution in [3.8, 4) is 17.0 Å². The predicted molar refractivity (Wildman–Crippen MR) is 130 cm³/mol. The van der Waals surface area contributed by atoms with Gasteiger partial charge >= 0.3 is 0 Å². The highest BCUT2D eigenvalue weighted by molar-refractivity contribution is 6.06. The van der Waals surface area contributed by atoms with Gasteiger partial charge in [-0.05, 0) is 39.0 Å². The highest BCUT2D eigenvalue weighted by atomic mass is 19.1. The van der Waals surface area contributed by atoms with Crippen molar-refractivity contribution in [2.45, 2.75) is 38.9 Å². The zero-order chi connectivity index (χ0) is 24.6. The van der Waals surface area contributed by atoms with Gasteiger partial charge in [-0.15, -0.1) is 0 Å². The number of fused-ring (bicyclic) bond motifs is 1. The molecule has 0 bridgehead atoms. The lowest BCUT2D eigenvalue weighted by Crippen LogP contribution is -2.44. The Morgan fingerprint density at radius 1 is 1.31 bits per heavy atom. The van der Waals surface area contributed by atoms with E-state index in [4.69, 9.17) is 14.2 Å². The Morgan fingerprint density at radius 2 is 2.17 bits per heavy atom. The molecule has 8 nitrogen and oxygen atoms in total. The average Bonchev–Trinajstić information content (AvgIpc) is 3.21. The van der Waals surface area contributed by atoms with Gasteiger partial charge < -0.3 is 29.8 Å². The fourth-order valence-corrected chi connectivity index (χ4v) is 4.29. The van der Waals surface area contributed by atoms with Gasteiger partial charge in [-0.2, -0.15) is 0 Å². The Kier molecular flexibility index (Phi) is 6.21. The van der Waals surface area contributed by atoms with Crippen LogP contribution in [0.4, 0.5) is 15.8 Å². The third-order valence-electron chi connectivity index (χ3n) is 6.30. The van der Waals surface area contributed by atoms with Gasteiger partial charge in [0.1, 0.15) is 24.3 Å². The summed E-state index contributed by atoms with van der Waals surface area (Å²) in [6.07, 6.45) is 3.76. The van der Waals surface area contributed by atoms with Crippen LogP contribution in [0.15, 0.2) is 36.7 Å². The van der Waals surface area contributed by atoms with Gasteiger partial charge in [-0.1, -0.05) is 6.07 Å². The summed E-state index contributed by atoms with van der Waals surface area (Å²) in [5, 5.41) is 6.21. The number of rotatable bonds is 6. The maximum Gasteiger partial charge on any atom is 0.255 e. The van der Waals surface area contributed by atoms with Crippen LogP contribution in [-0.2, 0) is 15.9 Å². The fraction of sp³-hybridized carbons (Fsp3) is 0.385. The molecule has 0 spiro atoms. The van der Waals surface area contributed by atoms with Crippen LogP contribution in [0.2, 0.25) is 0 Å². The summed E-state index contributed by atoms with van der Waals surface area (Å²) in [5.74, 6) is 0.0346. The zero-order valence-corrected chi connectivity index (χ0v) is 20.0. The van der Waals surface area contributed by atoms with Crippen molar-refractivity contribution >= 4 is 17.3 Å². The van der Waals surface area contributed by atoms with E-state index >= 15 is 0 Å². The third-order valence-corrected chi connectivity index (χ3v) is 6.30. The third kappa shape index (κ3) is 4.74. The van der Waals surface area contributed by atoms with Gasteiger partial charge in [-0.25, -0.2) is 4.39 Å². The molecule has 5 rings (SSSR count). The summed E-state index contributed by atoms with van der Waals surface area (Å²) in [7, 11) is 0. The Bertz CT molecular complexity index is 1250. The number of hydrogen-bond acceptors (Lipinski definition) is 6. The molecule has 2 aliphatic heterocycles. The number of H-pyrrole nitrogens is 1. The van der Waals surface area contributed by atoms with Crippen LogP contribution in [0.1, 0.15) is 35.5 Å². The summed E-state index contributed by atoms with van der Waals surface area (Å²) < 4.78 is 32.1. The number of nitrogens with one attached hydrogen (secondary N) is 3. The molecule has 2 aliphatic rings. The maximum absolute atomic E-state index is 14.3. The van der Waals surface area contributed by atoms with E-state index in [9.17, 15) is 9.18 Å². The fourth-order valence-electron chi connectivity index (χ4n) is 4.29. The monoisotopic (exact) mass is 480 g/mol. The number of hydrogen-bond donors (Lipinski definition) is 3. The van der Waals surface area contributed by atoms with E-state index in [1.165, 1.54) is 6.07 Å². The van der Waals surface area contributed by atoms with Crippen LogP contribution >= 0.6 is 0 Å². The number of carbonyl (C=O) groups excluding carboxylic acids is 1. The number of aromatic nitrogens is 2. The number of aromatic amines is 1. The van der Waals surface area contributed by atoms with Crippen LogP contribution in [0.5, 0.6) is 5.75 Å². The van der Waals surface area contributed by atoms with Crippen molar-refractivity contribution in [3.05, 3.63) is 59.3 Å². The quantitative estimate of drug-likeness (QED) is 0.491. The average molecular weight is 481 g/mol. The normalized spacial score (nSPS) is 19.1. The predicted octanol–water partition coefficient (Wildman–Crippen LogP) is 4.13. The van der Waals surface area contributed by atoms with Gasteiger partial charge in [0.25, 0.3) is 5.91 Å². The lowest BCUT2D eigenvalue weighted by atomic mass is 10.0. The first kappa shape index (κ1) is 23.3. The first-order chi connectivity index (χ1) is 16.8. The molecule has 2 aromatic heterocycles. The van der Waals surface area contributed by atoms with Crippen molar-refractivity contribution in [3.63, 3.8) is 0 Å². The number of anilines is 2. The number of pyridine rings is 1. The van der Waals surface area contributed by atoms with Gasteiger partial charge in [0.15, 0.2) is 0 Å². The van der Waals surface area contributed by atoms with Gasteiger partial charge in [0.2, 0.25) is 0 Å². The van der Waals surface area contributed by atoms with Crippen LogP contribution in [0, 0.1) is 12.7 Å². The van der Waals surface area contributed by atoms with E-state index in [1.807, 2.05) is 19.9 Å². The van der Waals surface area contributed by atoms with Crippen molar-refractivity contribution in [2.75, 3.05) is 31.7 Å². The van der Waals surface area contributed by atoms with Crippen molar-refractivity contribution in [2.24, 2.45) is 0 Å². The highest BCUT2D eigenvalue weighted by Gasteiger charge is 2.30. The molecule has 0 aliphatic carbocycles. The van der Waals surface area contributed by atoms with E-state index in [0.29, 0.717) is 66.7 Å². The van der Waals surface area contributed by atoms with Crippen molar-refractivity contribution in [1.82, 2.24) is 15.3 Å². The Labute approximate surface area is 203 Å². The SMILES string of the molecule is Cc1c(F)cccc1Nc1c(-c2ccncc2OC[C@H]2COC(C)(C)CO2)[nH]c2c1C(=O)NCC2. The number of amides is 1. The van der Waals surface area contributed by atoms with E-state index < -0.39 is 0 Å². The Morgan fingerprint density at radius 3 is 2.97 bits per heavy atom. The minimum Gasteiger partial charge on any atom is -0.488 e. The van der Waals surface area contributed by atoms with E-state index in [-0.39, 0.29) is 23.4 Å². The Hall–Kier alpha value is -3.43. The van der Waals surface area contributed by atoms with Gasteiger partial charge in [0, 0.05) is 41.7 Å². The first-order valence-corrected chi connectivity index (χ1v) is 11.7. The molecular weight excluding hydrogens is 451 g/mol. The molecule has 35 heavy (non-hydrogen) atoms. The zero-order valence-electron chi connectivity index (χ0n) is 20.0. The van der Waals surface area contributed by atoms with Crippen LogP contribution in [0.3, 0.4) is 0 Å². The second-order valence-corrected chi connectivity index (χ2v) is 9.46. The molecule has 4 heterocycles. The molecule has 1 amide bonds. The van der Waals surface area contributed by atoms with Crippen LogP contribution < -0.4 is 15.4 Å². The molecule has 3 N–H and O–H groups in total. The van der Waals surface area contributed by atoms with Crippen molar-refractivity contribution in [1.29, 1.82) is 0 Å². The lowest BCUT2D eigenvalue weighted by Gasteiger charge is -2.34. The molecule has 1 fully saturated rings. The summed E-state index contributed by atoms with van der Waals surface area (Å²) in [5.41, 5.74) is 4.05. The minimum absolute atomic E-state index is 0.183. The Balaban J connectivity index is 1.49. The van der Waals surface area contributed by atoms with Gasteiger partial charge in [-0.3, -0.25) is 9.78 Å². The summed E-state index contributed by atoms with van der Waals surface area (Å²) in [6, 6.07) is 6.66. The number of ether oxygens (including phenoxy) is 3. The molecule has 1 aromatic carbocycles. The molecule has 0 radical (unpaired) electrons. The highest BCUT2D eigenvalue weighted by Crippen LogP contribution is 2.40. The van der Waals surface area contributed by atoms with Crippen molar-refractivity contribution < 1.29 is 23.4 Å². The largest absolute Gasteiger partial charge is 0.488 e. The summed E-state index contributed by atoms with van der Waals surface area (Å²) >= 11 is 0. The van der Waals surface area contributed by atoms with E-state index in [2.05, 4.69) is 20.6 Å².